The summed E-state index contributed by atoms with van der Waals surface area (Å²) in [5.41, 5.74) is 6.05. The number of anilines is 1. The highest BCUT2D eigenvalue weighted by Gasteiger charge is 2.09. The van der Waals surface area contributed by atoms with Gasteiger partial charge in [-0.2, -0.15) is 9.36 Å². The molecule has 0 unspecified atom stereocenters. The highest BCUT2D eigenvalue weighted by atomic mass is 79.9. The smallest absolute Gasteiger partial charge is 0.232 e. The van der Waals surface area contributed by atoms with Gasteiger partial charge >= 0.3 is 0 Å². The summed E-state index contributed by atoms with van der Waals surface area (Å²) in [5.74, 6) is -0.0990. The summed E-state index contributed by atoms with van der Waals surface area (Å²) < 4.78 is 17.5. The van der Waals surface area contributed by atoms with Crippen LogP contribution in [0, 0.1) is 5.82 Å². The van der Waals surface area contributed by atoms with E-state index >= 15 is 0 Å². The summed E-state index contributed by atoms with van der Waals surface area (Å²) in [6.45, 7) is 0. The molecule has 3 nitrogen and oxygen atoms in total. The largest absolute Gasteiger partial charge is 0.367 e. The van der Waals surface area contributed by atoms with Crippen molar-refractivity contribution < 1.29 is 4.39 Å². The van der Waals surface area contributed by atoms with Gasteiger partial charge in [0.25, 0.3) is 0 Å². The molecule has 0 fully saturated rings. The number of benzene rings is 1. The summed E-state index contributed by atoms with van der Waals surface area (Å²) in [6.07, 6.45) is 0. The van der Waals surface area contributed by atoms with Crippen molar-refractivity contribution in [1.82, 2.24) is 9.36 Å². The summed E-state index contributed by atoms with van der Waals surface area (Å²) in [4.78, 5) is 3.97. The Morgan fingerprint density at radius 2 is 2.21 bits per heavy atom. The van der Waals surface area contributed by atoms with Gasteiger partial charge in [0.15, 0.2) is 0 Å². The second kappa shape index (κ2) is 3.62. The zero-order chi connectivity index (χ0) is 10.1. The number of rotatable bonds is 1. The van der Waals surface area contributed by atoms with Crippen molar-refractivity contribution in [1.29, 1.82) is 0 Å². The maximum atomic E-state index is 12.9. The third kappa shape index (κ3) is 1.76. The van der Waals surface area contributed by atoms with Gasteiger partial charge in [-0.3, -0.25) is 0 Å². The summed E-state index contributed by atoms with van der Waals surface area (Å²) in [7, 11) is 0. The topological polar surface area (TPSA) is 51.8 Å². The van der Waals surface area contributed by atoms with Crippen LogP contribution in [0.15, 0.2) is 22.7 Å². The Kier molecular flexibility index (Phi) is 2.47. The number of aromatic nitrogens is 2. The zero-order valence-corrected chi connectivity index (χ0v) is 9.27. The van der Waals surface area contributed by atoms with Crippen molar-refractivity contribution in [3.63, 3.8) is 0 Å². The SMILES string of the molecule is Nc1nsc(-c2cc(F)ccc2Br)n1. The molecule has 0 aliphatic rings. The van der Waals surface area contributed by atoms with Gasteiger partial charge in [-0.25, -0.2) is 4.39 Å². The maximum Gasteiger partial charge on any atom is 0.232 e. The second-order valence-corrected chi connectivity index (χ2v) is 4.19. The Morgan fingerprint density at radius 1 is 1.43 bits per heavy atom. The van der Waals surface area contributed by atoms with Gasteiger partial charge < -0.3 is 5.73 Å². The third-order valence-corrected chi connectivity index (χ3v) is 3.05. The van der Waals surface area contributed by atoms with E-state index in [-0.39, 0.29) is 11.8 Å². The summed E-state index contributed by atoms with van der Waals surface area (Å²) >= 11 is 4.45. The minimum atomic E-state index is -0.308. The number of nitrogens with zero attached hydrogens (tertiary/aromatic N) is 2. The fourth-order valence-corrected chi connectivity index (χ4v) is 2.19. The molecule has 1 heterocycles. The predicted octanol–water partition coefficient (Wildman–Crippen LogP) is 2.69. The van der Waals surface area contributed by atoms with Crippen LogP contribution in [0.4, 0.5) is 10.3 Å². The lowest BCUT2D eigenvalue weighted by Crippen LogP contribution is -1.86. The molecule has 2 aromatic rings. The number of hydrogen-bond donors (Lipinski definition) is 1. The maximum absolute atomic E-state index is 12.9. The molecule has 14 heavy (non-hydrogen) atoms. The molecule has 0 spiro atoms. The fraction of sp³-hybridized carbons (Fsp3) is 0. The Balaban J connectivity index is 2.55. The molecule has 0 amide bonds. The van der Waals surface area contributed by atoms with E-state index in [0.29, 0.717) is 10.6 Å². The van der Waals surface area contributed by atoms with Gasteiger partial charge in [0.2, 0.25) is 5.95 Å². The lowest BCUT2D eigenvalue weighted by Gasteiger charge is -1.98. The molecule has 1 aromatic carbocycles. The normalized spacial score (nSPS) is 10.4. The fourth-order valence-electron chi connectivity index (χ4n) is 1.01. The van der Waals surface area contributed by atoms with Crippen molar-refractivity contribution in [3.8, 4) is 10.6 Å². The second-order valence-electron chi connectivity index (χ2n) is 2.58. The van der Waals surface area contributed by atoms with Crippen molar-refractivity contribution in [3.05, 3.63) is 28.5 Å². The lowest BCUT2D eigenvalue weighted by atomic mass is 10.2. The van der Waals surface area contributed by atoms with E-state index in [1.165, 1.54) is 12.1 Å². The minimum Gasteiger partial charge on any atom is -0.367 e. The van der Waals surface area contributed by atoms with Crippen molar-refractivity contribution in [2.75, 3.05) is 5.73 Å². The van der Waals surface area contributed by atoms with Crippen LogP contribution in [0.2, 0.25) is 0 Å². The van der Waals surface area contributed by atoms with E-state index in [9.17, 15) is 4.39 Å². The number of halogens is 2. The summed E-state index contributed by atoms with van der Waals surface area (Å²) in [5, 5.41) is 0.605. The lowest BCUT2D eigenvalue weighted by molar-refractivity contribution is 0.628. The third-order valence-electron chi connectivity index (χ3n) is 1.60. The number of nitrogens with two attached hydrogens (primary N) is 1. The van der Waals surface area contributed by atoms with Crippen LogP contribution in [0.5, 0.6) is 0 Å². The van der Waals surface area contributed by atoms with Crippen LogP contribution in [-0.4, -0.2) is 9.36 Å². The Bertz CT molecular complexity index is 471. The highest BCUT2D eigenvalue weighted by molar-refractivity contribution is 9.10. The van der Waals surface area contributed by atoms with Crippen molar-refractivity contribution >= 4 is 33.4 Å². The van der Waals surface area contributed by atoms with E-state index in [0.717, 1.165) is 16.0 Å². The molecule has 72 valence electrons. The van der Waals surface area contributed by atoms with Gasteiger partial charge in [0.05, 0.1) is 0 Å². The molecule has 6 heteroatoms. The number of nitrogen functional groups attached to an aromatic ring is 1. The Labute approximate surface area is 92.1 Å². The minimum absolute atomic E-state index is 0.209. The Morgan fingerprint density at radius 3 is 2.86 bits per heavy atom. The van der Waals surface area contributed by atoms with E-state index in [4.69, 9.17) is 5.73 Å². The van der Waals surface area contributed by atoms with Gasteiger partial charge in [-0.1, -0.05) is 15.9 Å². The predicted molar refractivity (Wildman–Crippen MR) is 57.4 cm³/mol. The van der Waals surface area contributed by atoms with Crippen LogP contribution in [0.25, 0.3) is 10.6 Å². The average Bonchev–Trinajstić information content (AvgIpc) is 2.56. The molecular weight excluding hydrogens is 269 g/mol. The molecule has 0 bridgehead atoms. The van der Waals surface area contributed by atoms with Gasteiger partial charge in [0, 0.05) is 10.0 Å². The van der Waals surface area contributed by atoms with Crippen LogP contribution in [0.1, 0.15) is 0 Å². The van der Waals surface area contributed by atoms with Crippen LogP contribution in [0.3, 0.4) is 0 Å². The molecule has 0 radical (unpaired) electrons. The van der Waals surface area contributed by atoms with Gasteiger partial charge in [-0.05, 0) is 29.7 Å². The molecule has 0 saturated carbocycles. The molecule has 0 atom stereocenters. The van der Waals surface area contributed by atoms with Crippen molar-refractivity contribution in [2.24, 2.45) is 0 Å². The first-order chi connectivity index (χ1) is 6.66. The monoisotopic (exact) mass is 273 g/mol. The first kappa shape index (κ1) is 9.54. The highest BCUT2D eigenvalue weighted by Crippen LogP contribution is 2.30. The first-order valence-corrected chi connectivity index (χ1v) is 5.28. The molecular formula is C8H5BrFN3S. The molecule has 2 rings (SSSR count). The zero-order valence-electron chi connectivity index (χ0n) is 6.87. The standard InChI is InChI=1S/C8H5BrFN3S/c9-6-2-1-4(10)3-5(6)7-12-8(11)13-14-7/h1-3H,(H2,11,13). The van der Waals surface area contributed by atoms with Crippen LogP contribution >= 0.6 is 27.5 Å². The quantitative estimate of drug-likeness (QED) is 0.869. The number of hydrogen-bond acceptors (Lipinski definition) is 4. The van der Waals surface area contributed by atoms with Crippen LogP contribution in [-0.2, 0) is 0 Å². The molecule has 1 aromatic heterocycles. The van der Waals surface area contributed by atoms with Gasteiger partial charge in [0.1, 0.15) is 10.8 Å². The molecule has 0 aliphatic heterocycles. The average molecular weight is 274 g/mol. The van der Waals surface area contributed by atoms with Crippen LogP contribution < -0.4 is 5.73 Å². The first-order valence-electron chi connectivity index (χ1n) is 3.71. The van der Waals surface area contributed by atoms with Gasteiger partial charge in [-0.15, -0.1) is 0 Å². The van der Waals surface area contributed by atoms with Crippen molar-refractivity contribution in [2.45, 2.75) is 0 Å². The summed E-state index contributed by atoms with van der Waals surface area (Å²) in [6, 6.07) is 4.39. The molecule has 0 aliphatic carbocycles. The van der Waals surface area contributed by atoms with E-state index in [2.05, 4.69) is 25.3 Å². The molecule has 0 saturated heterocycles. The Hall–Kier alpha value is -1.01. The van der Waals surface area contributed by atoms with E-state index in [1.54, 1.807) is 6.07 Å². The van der Waals surface area contributed by atoms with E-state index in [1.807, 2.05) is 0 Å². The molecule has 2 N–H and O–H groups in total. The van der Waals surface area contributed by atoms with E-state index < -0.39 is 0 Å².